The first-order valence-corrected chi connectivity index (χ1v) is 3.78. The third kappa shape index (κ3) is 2.03. The van der Waals surface area contributed by atoms with Crippen LogP contribution in [-0.2, 0) is 14.3 Å². The van der Waals surface area contributed by atoms with E-state index in [1.54, 1.807) is 0 Å². The van der Waals surface area contributed by atoms with Crippen molar-refractivity contribution in [3.63, 3.8) is 0 Å². The first-order valence-electron chi connectivity index (χ1n) is 3.78. The van der Waals surface area contributed by atoms with Crippen molar-refractivity contribution in [3.05, 3.63) is 0 Å². The van der Waals surface area contributed by atoms with Gasteiger partial charge >= 0.3 is 5.97 Å². The fourth-order valence-corrected chi connectivity index (χ4v) is 1.25. The van der Waals surface area contributed by atoms with Crippen LogP contribution in [0.15, 0.2) is 0 Å². The second-order valence-electron chi connectivity index (χ2n) is 3.12. The van der Waals surface area contributed by atoms with Crippen LogP contribution in [0.4, 0.5) is 0 Å². The number of cyclic esters (lactones) is 1. The van der Waals surface area contributed by atoms with Gasteiger partial charge in [-0.05, 0) is 6.92 Å². The minimum Gasteiger partial charge on any atom is -0.462 e. The number of esters is 1. The molecule has 3 nitrogen and oxygen atoms in total. The SMILES string of the molecule is CC(=O)C[C@H]1OC(=O)C[C@@H]1C. The Morgan fingerprint density at radius 1 is 1.73 bits per heavy atom. The van der Waals surface area contributed by atoms with E-state index in [9.17, 15) is 9.59 Å². The average Bonchev–Trinajstić information content (AvgIpc) is 2.09. The molecule has 1 rings (SSSR count). The van der Waals surface area contributed by atoms with Gasteiger partial charge in [0.05, 0.1) is 6.42 Å². The molecule has 1 aliphatic rings. The lowest BCUT2D eigenvalue weighted by atomic mass is 10.0. The molecule has 0 amide bonds. The molecule has 1 fully saturated rings. The fraction of sp³-hybridized carbons (Fsp3) is 0.750. The standard InChI is InChI=1S/C8H12O3/c1-5-3-8(10)11-7(5)4-6(2)9/h5,7H,3-4H2,1-2H3/t5-,7+/m0/s1. The Morgan fingerprint density at radius 3 is 2.73 bits per heavy atom. The Morgan fingerprint density at radius 2 is 2.36 bits per heavy atom. The van der Waals surface area contributed by atoms with Gasteiger partial charge in [-0.1, -0.05) is 6.92 Å². The Hall–Kier alpha value is -0.860. The highest BCUT2D eigenvalue weighted by Crippen LogP contribution is 2.23. The van der Waals surface area contributed by atoms with Gasteiger partial charge < -0.3 is 4.74 Å². The maximum atomic E-state index is 10.7. The van der Waals surface area contributed by atoms with Crippen molar-refractivity contribution in [3.8, 4) is 0 Å². The van der Waals surface area contributed by atoms with E-state index in [2.05, 4.69) is 0 Å². The summed E-state index contributed by atoms with van der Waals surface area (Å²) in [6.07, 6.45) is 0.658. The zero-order valence-corrected chi connectivity index (χ0v) is 6.79. The maximum absolute atomic E-state index is 10.7. The van der Waals surface area contributed by atoms with E-state index in [0.29, 0.717) is 12.8 Å². The lowest BCUT2D eigenvalue weighted by Crippen LogP contribution is -2.16. The fourth-order valence-electron chi connectivity index (χ4n) is 1.25. The summed E-state index contributed by atoms with van der Waals surface area (Å²) in [5.41, 5.74) is 0. The van der Waals surface area contributed by atoms with Gasteiger partial charge in [-0.15, -0.1) is 0 Å². The van der Waals surface area contributed by atoms with Crippen LogP contribution in [0.3, 0.4) is 0 Å². The molecule has 62 valence electrons. The summed E-state index contributed by atoms with van der Waals surface area (Å²) >= 11 is 0. The zero-order valence-electron chi connectivity index (χ0n) is 6.79. The smallest absolute Gasteiger partial charge is 0.306 e. The molecule has 0 unspecified atom stereocenters. The summed E-state index contributed by atoms with van der Waals surface area (Å²) in [5, 5.41) is 0. The van der Waals surface area contributed by atoms with Gasteiger partial charge in [-0.3, -0.25) is 9.59 Å². The summed E-state index contributed by atoms with van der Waals surface area (Å²) in [6.45, 7) is 3.44. The van der Waals surface area contributed by atoms with Crippen molar-refractivity contribution in [2.75, 3.05) is 0 Å². The molecule has 0 N–H and O–H groups in total. The van der Waals surface area contributed by atoms with Crippen molar-refractivity contribution in [2.45, 2.75) is 32.8 Å². The number of Topliss-reactive ketones (excluding diaryl/α,β-unsaturated/α-hetero) is 1. The molecule has 11 heavy (non-hydrogen) atoms. The molecule has 1 aliphatic heterocycles. The van der Waals surface area contributed by atoms with Gasteiger partial charge in [0.25, 0.3) is 0 Å². The quantitative estimate of drug-likeness (QED) is 0.558. The number of carbonyl (C=O) groups excluding carboxylic acids is 2. The monoisotopic (exact) mass is 156 g/mol. The van der Waals surface area contributed by atoms with Crippen LogP contribution in [0.25, 0.3) is 0 Å². The lowest BCUT2D eigenvalue weighted by Gasteiger charge is -2.10. The van der Waals surface area contributed by atoms with E-state index in [1.807, 2.05) is 6.92 Å². The zero-order chi connectivity index (χ0) is 8.43. The highest BCUT2D eigenvalue weighted by atomic mass is 16.5. The molecule has 1 heterocycles. The summed E-state index contributed by atoms with van der Waals surface area (Å²) in [7, 11) is 0. The molecular weight excluding hydrogens is 144 g/mol. The van der Waals surface area contributed by atoms with E-state index in [1.165, 1.54) is 6.92 Å². The van der Waals surface area contributed by atoms with E-state index in [-0.39, 0.29) is 23.8 Å². The Labute approximate surface area is 65.7 Å². The van der Waals surface area contributed by atoms with E-state index in [0.717, 1.165) is 0 Å². The number of ketones is 1. The van der Waals surface area contributed by atoms with Crippen LogP contribution in [0, 0.1) is 5.92 Å². The highest BCUT2D eigenvalue weighted by Gasteiger charge is 2.31. The normalized spacial score (nSPS) is 30.2. The van der Waals surface area contributed by atoms with Crippen LogP contribution in [0.5, 0.6) is 0 Å². The summed E-state index contributed by atoms with van der Waals surface area (Å²) in [5.74, 6) is 0.103. The Balaban J connectivity index is 2.46. The van der Waals surface area contributed by atoms with Crippen LogP contribution in [0.2, 0.25) is 0 Å². The van der Waals surface area contributed by atoms with Crippen molar-refractivity contribution in [1.29, 1.82) is 0 Å². The van der Waals surface area contributed by atoms with Crippen molar-refractivity contribution in [1.82, 2.24) is 0 Å². The molecule has 0 aliphatic carbocycles. The molecule has 0 saturated carbocycles. The van der Waals surface area contributed by atoms with Crippen LogP contribution >= 0.6 is 0 Å². The van der Waals surface area contributed by atoms with Crippen molar-refractivity contribution in [2.24, 2.45) is 5.92 Å². The number of hydrogen-bond donors (Lipinski definition) is 0. The first kappa shape index (κ1) is 8.24. The number of ether oxygens (including phenoxy) is 1. The number of carbonyl (C=O) groups is 2. The van der Waals surface area contributed by atoms with Gasteiger partial charge in [0.1, 0.15) is 11.9 Å². The Kier molecular flexibility index (Phi) is 2.27. The molecule has 0 bridgehead atoms. The van der Waals surface area contributed by atoms with Gasteiger partial charge in [-0.25, -0.2) is 0 Å². The summed E-state index contributed by atoms with van der Waals surface area (Å²) in [4.78, 5) is 21.4. The first-order chi connectivity index (χ1) is 5.09. The maximum Gasteiger partial charge on any atom is 0.306 e. The van der Waals surface area contributed by atoms with Gasteiger partial charge in [0, 0.05) is 12.3 Å². The highest BCUT2D eigenvalue weighted by molar-refractivity contribution is 5.78. The molecule has 0 aromatic heterocycles. The minimum absolute atomic E-state index is 0.0801. The molecule has 0 aromatic carbocycles. The van der Waals surface area contributed by atoms with Crippen LogP contribution in [0.1, 0.15) is 26.7 Å². The molecule has 3 heteroatoms. The van der Waals surface area contributed by atoms with Crippen LogP contribution in [-0.4, -0.2) is 17.9 Å². The second kappa shape index (κ2) is 3.03. The number of rotatable bonds is 2. The predicted molar refractivity (Wildman–Crippen MR) is 39.0 cm³/mol. The second-order valence-corrected chi connectivity index (χ2v) is 3.12. The third-order valence-corrected chi connectivity index (χ3v) is 1.89. The lowest BCUT2D eigenvalue weighted by molar-refractivity contribution is -0.142. The molecule has 0 spiro atoms. The van der Waals surface area contributed by atoms with Crippen LogP contribution < -0.4 is 0 Å². The topological polar surface area (TPSA) is 43.4 Å². The third-order valence-electron chi connectivity index (χ3n) is 1.89. The van der Waals surface area contributed by atoms with Crippen molar-refractivity contribution >= 4 is 11.8 Å². The van der Waals surface area contributed by atoms with Gasteiger partial charge in [0.15, 0.2) is 0 Å². The molecule has 0 aromatic rings. The van der Waals surface area contributed by atoms with E-state index < -0.39 is 0 Å². The van der Waals surface area contributed by atoms with Crippen molar-refractivity contribution < 1.29 is 14.3 Å². The summed E-state index contributed by atoms with van der Waals surface area (Å²) in [6, 6.07) is 0. The number of hydrogen-bond acceptors (Lipinski definition) is 3. The van der Waals surface area contributed by atoms with E-state index >= 15 is 0 Å². The summed E-state index contributed by atoms with van der Waals surface area (Å²) < 4.78 is 4.92. The Bertz CT molecular complexity index is 186. The molecule has 2 atom stereocenters. The molecule has 1 saturated heterocycles. The van der Waals surface area contributed by atoms with Gasteiger partial charge in [-0.2, -0.15) is 0 Å². The molecule has 0 radical (unpaired) electrons. The average molecular weight is 156 g/mol. The predicted octanol–water partition coefficient (Wildman–Crippen LogP) is 0.917. The van der Waals surface area contributed by atoms with E-state index in [4.69, 9.17) is 4.74 Å². The van der Waals surface area contributed by atoms with Gasteiger partial charge in [0.2, 0.25) is 0 Å². The molecular formula is C8H12O3. The largest absolute Gasteiger partial charge is 0.462 e. The minimum atomic E-state index is -0.177.